The van der Waals surface area contributed by atoms with Gasteiger partial charge in [-0.05, 0) is 44.7 Å². The molecule has 0 aliphatic heterocycles. The summed E-state index contributed by atoms with van der Waals surface area (Å²) >= 11 is 0. The highest BCUT2D eigenvalue weighted by atomic mass is 16.6. The fraction of sp³-hybridized carbons (Fsp3) is 0.409. The van der Waals surface area contributed by atoms with Crippen molar-refractivity contribution < 1.29 is 19.6 Å². The predicted molar refractivity (Wildman–Crippen MR) is 110 cm³/mol. The zero-order valence-corrected chi connectivity index (χ0v) is 17.1. The molecule has 2 rings (SSSR count). The molecule has 0 unspecified atom stereocenters. The second kappa shape index (κ2) is 9.62. The predicted octanol–water partition coefficient (Wildman–Crippen LogP) is 3.69. The van der Waals surface area contributed by atoms with Gasteiger partial charge in [-0.15, -0.1) is 0 Å². The van der Waals surface area contributed by atoms with Gasteiger partial charge in [0.2, 0.25) is 0 Å². The van der Waals surface area contributed by atoms with Crippen molar-refractivity contribution in [2.75, 3.05) is 6.61 Å². The van der Waals surface area contributed by atoms with Crippen molar-refractivity contribution in [2.45, 2.75) is 51.3 Å². The van der Waals surface area contributed by atoms with Crippen LogP contribution in [-0.4, -0.2) is 28.2 Å². The average molecular weight is 400 g/mol. The van der Waals surface area contributed by atoms with Gasteiger partial charge >= 0.3 is 5.97 Å². The summed E-state index contributed by atoms with van der Waals surface area (Å²) in [5, 5.41) is 23.6. The van der Waals surface area contributed by atoms with Gasteiger partial charge in [-0.3, -0.25) is 15.4 Å². The molecule has 0 saturated carbocycles. The molecule has 0 aliphatic carbocycles. The van der Waals surface area contributed by atoms with Gasteiger partial charge in [0.1, 0.15) is 11.1 Å². The van der Waals surface area contributed by atoms with Crippen molar-refractivity contribution in [2.24, 2.45) is 0 Å². The minimum Gasteiger partial charge on any atom is -0.458 e. The van der Waals surface area contributed by atoms with Crippen LogP contribution in [0.15, 0.2) is 54.6 Å². The fourth-order valence-corrected chi connectivity index (χ4v) is 3.05. The van der Waals surface area contributed by atoms with Crippen LogP contribution in [0.25, 0.3) is 0 Å². The summed E-state index contributed by atoms with van der Waals surface area (Å²) in [6.07, 6.45) is 0.747. The lowest BCUT2D eigenvalue weighted by atomic mass is 9.84. The second-order valence-electron chi connectivity index (χ2n) is 7.88. The van der Waals surface area contributed by atoms with Crippen LogP contribution in [0.5, 0.6) is 0 Å². The molecule has 7 nitrogen and oxygen atoms in total. The van der Waals surface area contributed by atoms with Gasteiger partial charge in [0.15, 0.2) is 0 Å². The lowest BCUT2D eigenvalue weighted by Gasteiger charge is -2.36. The number of aliphatic hydroxyl groups excluding tert-OH is 1. The van der Waals surface area contributed by atoms with Crippen molar-refractivity contribution in [3.05, 3.63) is 75.8 Å². The summed E-state index contributed by atoms with van der Waals surface area (Å²) < 4.78 is 5.72. The number of ether oxygens (including phenoxy) is 1. The summed E-state index contributed by atoms with van der Waals surface area (Å²) in [5.74, 6) is -0.424. The number of non-ortho nitro benzene ring substituents is 1. The highest BCUT2D eigenvalue weighted by Gasteiger charge is 2.42. The second-order valence-corrected chi connectivity index (χ2v) is 7.88. The fourth-order valence-electron chi connectivity index (χ4n) is 3.05. The number of rotatable bonds is 9. The number of carbonyl (C=O) groups is 1. The lowest BCUT2D eigenvalue weighted by Crippen LogP contribution is -2.51. The van der Waals surface area contributed by atoms with E-state index in [1.807, 2.05) is 51.1 Å². The zero-order chi connectivity index (χ0) is 21.5. The van der Waals surface area contributed by atoms with E-state index in [0.29, 0.717) is 19.4 Å². The third kappa shape index (κ3) is 6.10. The Morgan fingerprint density at radius 3 is 2.24 bits per heavy atom. The van der Waals surface area contributed by atoms with Gasteiger partial charge < -0.3 is 9.84 Å². The first-order chi connectivity index (χ1) is 13.7. The third-order valence-electron chi connectivity index (χ3n) is 4.47. The van der Waals surface area contributed by atoms with E-state index in [1.165, 1.54) is 12.1 Å². The number of aliphatic hydroxyl groups is 1. The van der Waals surface area contributed by atoms with E-state index in [4.69, 9.17) is 4.74 Å². The van der Waals surface area contributed by atoms with Crippen LogP contribution in [-0.2, 0) is 21.6 Å². The summed E-state index contributed by atoms with van der Waals surface area (Å²) in [6, 6.07) is 15.4. The van der Waals surface area contributed by atoms with E-state index < -0.39 is 22.0 Å². The normalized spacial score (nSPS) is 13.5. The van der Waals surface area contributed by atoms with Gasteiger partial charge in [0.05, 0.1) is 4.92 Å². The Balaban J connectivity index is 2.38. The maximum atomic E-state index is 13.3. The largest absolute Gasteiger partial charge is 0.458 e. The maximum Gasteiger partial charge on any atom is 0.331 e. The van der Waals surface area contributed by atoms with Crippen molar-refractivity contribution >= 4 is 11.7 Å². The van der Waals surface area contributed by atoms with Crippen LogP contribution in [0.3, 0.4) is 0 Å². The van der Waals surface area contributed by atoms with Crippen LogP contribution in [0.4, 0.5) is 5.69 Å². The highest BCUT2D eigenvalue weighted by molar-refractivity contribution is 5.83. The van der Waals surface area contributed by atoms with E-state index in [1.54, 1.807) is 12.1 Å². The van der Waals surface area contributed by atoms with Crippen LogP contribution in [0, 0.1) is 10.1 Å². The first-order valence-electron chi connectivity index (χ1n) is 9.56. The summed E-state index contributed by atoms with van der Waals surface area (Å²) in [6.45, 7) is 5.67. The SMILES string of the molecule is CC(C)(C)OC(=O)[C@@](CCCO)(NCc1ccc([N+](=O)[O-])cc1)c1ccccc1. The minimum atomic E-state index is -1.15. The van der Waals surface area contributed by atoms with Gasteiger partial charge in [0.25, 0.3) is 5.69 Å². The number of nitro groups is 1. The number of benzene rings is 2. The van der Waals surface area contributed by atoms with Crippen molar-refractivity contribution in [1.29, 1.82) is 0 Å². The van der Waals surface area contributed by atoms with Crippen molar-refractivity contribution in [1.82, 2.24) is 5.32 Å². The molecule has 0 aliphatic rings. The molecule has 2 aromatic rings. The Hall–Kier alpha value is -2.77. The summed E-state index contributed by atoms with van der Waals surface area (Å²) in [5.41, 5.74) is -0.284. The number of nitrogens with one attached hydrogen (secondary N) is 1. The maximum absolute atomic E-state index is 13.3. The van der Waals surface area contributed by atoms with Crippen LogP contribution < -0.4 is 5.32 Å². The Kier molecular flexibility index (Phi) is 7.47. The molecule has 0 aromatic heterocycles. The standard InChI is InChI=1S/C22H28N2O5/c1-21(2,3)29-20(26)22(14-7-15-25,18-8-5-4-6-9-18)23-16-17-10-12-19(13-11-17)24(27)28/h4-6,8-13,23,25H,7,14-16H2,1-3H3/t22-/m0/s1. The Labute approximate surface area is 170 Å². The molecule has 2 aromatic carbocycles. The zero-order valence-electron chi connectivity index (χ0n) is 17.1. The minimum absolute atomic E-state index is 0.00972. The number of hydrogen-bond acceptors (Lipinski definition) is 6. The molecule has 0 amide bonds. The molecule has 0 radical (unpaired) electrons. The molecule has 0 fully saturated rings. The quantitative estimate of drug-likeness (QED) is 0.378. The third-order valence-corrected chi connectivity index (χ3v) is 4.47. The topological polar surface area (TPSA) is 102 Å². The van der Waals surface area contributed by atoms with E-state index in [2.05, 4.69) is 5.32 Å². The first-order valence-corrected chi connectivity index (χ1v) is 9.56. The van der Waals surface area contributed by atoms with Crippen LogP contribution >= 0.6 is 0 Å². The smallest absolute Gasteiger partial charge is 0.331 e. The summed E-state index contributed by atoms with van der Waals surface area (Å²) in [4.78, 5) is 23.7. The monoisotopic (exact) mass is 400 g/mol. The lowest BCUT2D eigenvalue weighted by molar-refractivity contribution is -0.384. The van der Waals surface area contributed by atoms with Crippen molar-refractivity contribution in [3.8, 4) is 0 Å². The molecular weight excluding hydrogens is 372 g/mol. The highest BCUT2D eigenvalue weighted by Crippen LogP contribution is 2.31. The molecule has 0 heterocycles. The Bertz CT molecular complexity index is 815. The van der Waals surface area contributed by atoms with E-state index in [9.17, 15) is 20.0 Å². The molecule has 156 valence electrons. The molecular formula is C22H28N2O5. The van der Waals surface area contributed by atoms with Crippen LogP contribution in [0.1, 0.15) is 44.7 Å². The van der Waals surface area contributed by atoms with Crippen molar-refractivity contribution in [3.63, 3.8) is 0 Å². The average Bonchev–Trinajstić information content (AvgIpc) is 2.68. The molecule has 7 heteroatoms. The van der Waals surface area contributed by atoms with Gasteiger partial charge in [-0.25, -0.2) is 4.79 Å². The molecule has 2 N–H and O–H groups in total. The Morgan fingerprint density at radius 1 is 1.10 bits per heavy atom. The number of esters is 1. The van der Waals surface area contributed by atoms with Gasteiger partial charge in [0, 0.05) is 25.3 Å². The molecule has 0 saturated heterocycles. The Morgan fingerprint density at radius 2 is 1.72 bits per heavy atom. The van der Waals surface area contributed by atoms with Crippen LogP contribution in [0.2, 0.25) is 0 Å². The molecule has 0 spiro atoms. The van der Waals surface area contributed by atoms with Gasteiger partial charge in [-0.1, -0.05) is 42.5 Å². The number of nitrogens with zero attached hydrogens (tertiary/aromatic N) is 1. The molecule has 29 heavy (non-hydrogen) atoms. The van der Waals surface area contributed by atoms with E-state index in [-0.39, 0.29) is 12.3 Å². The van der Waals surface area contributed by atoms with E-state index >= 15 is 0 Å². The summed E-state index contributed by atoms with van der Waals surface area (Å²) in [7, 11) is 0. The number of hydrogen-bond donors (Lipinski definition) is 2. The van der Waals surface area contributed by atoms with E-state index in [0.717, 1.165) is 11.1 Å². The molecule has 1 atom stereocenters. The molecule has 0 bridgehead atoms. The first kappa shape index (κ1) is 22.5. The number of carbonyl (C=O) groups excluding carboxylic acids is 1. The van der Waals surface area contributed by atoms with Gasteiger partial charge in [-0.2, -0.15) is 0 Å². The number of nitro benzene ring substituents is 1.